The maximum Gasteiger partial charge on any atom is 0.243 e. The maximum atomic E-state index is 14.0. The predicted octanol–water partition coefficient (Wildman–Crippen LogP) is 0.570. The van der Waals surface area contributed by atoms with Gasteiger partial charge in [0.1, 0.15) is 6.04 Å². The van der Waals surface area contributed by atoms with Gasteiger partial charge in [-0.1, -0.05) is 49.4 Å². The summed E-state index contributed by atoms with van der Waals surface area (Å²) < 4.78 is 5.39. The van der Waals surface area contributed by atoms with E-state index in [1.165, 1.54) is 4.90 Å². The van der Waals surface area contributed by atoms with Gasteiger partial charge in [-0.05, 0) is 17.9 Å². The van der Waals surface area contributed by atoms with E-state index in [0.29, 0.717) is 32.7 Å². The molecule has 2 fully saturated rings. The molecule has 1 aromatic carbocycles. The molecular formula is C27H38N4O5. The second kappa shape index (κ2) is 12.0. The highest BCUT2D eigenvalue weighted by Gasteiger charge is 2.58. The monoisotopic (exact) mass is 498 g/mol. The first-order valence-electron chi connectivity index (χ1n) is 13.0. The van der Waals surface area contributed by atoms with Crippen molar-refractivity contribution in [2.24, 2.45) is 23.7 Å². The number of hydrogen-bond acceptors (Lipinski definition) is 6. The first-order valence-corrected chi connectivity index (χ1v) is 13.0. The summed E-state index contributed by atoms with van der Waals surface area (Å²) in [7, 11) is 1.58. The van der Waals surface area contributed by atoms with Gasteiger partial charge in [-0.25, -0.2) is 0 Å². The Labute approximate surface area is 212 Å². The molecule has 2 aliphatic heterocycles. The van der Waals surface area contributed by atoms with Crippen LogP contribution in [0.1, 0.15) is 24.9 Å². The van der Waals surface area contributed by atoms with Crippen LogP contribution in [-0.2, 0) is 19.1 Å². The first-order chi connectivity index (χ1) is 17.5. The summed E-state index contributed by atoms with van der Waals surface area (Å²) in [6.07, 6.45) is 4.65. The Hall–Kier alpha value is -2.75. The van der Waals surface area contributed by atoms with E-state index in [-0.39, 0.29) is 30.2 Å². The number of benzene rings is 1. The zero-order valence-electron chi connectivity index (χ0n) is 21.1. The molecule has 0 spiro atoms. The second-order valence-electron chi connectivity index (χ2n) is 9.74. The summed E-state index contributed by atoms with van der Waals surface area (Å²) in [5.41, 5.74) is 0.755. The van der Waals surface area contributed by atoms with E-state index in [1.54, 1.807) is 7.05 Å². The lowest BCUT2D eigenvalue weighted by atomic mass is 9.69. The van der Waals surface area contributed by atoms with E-state index < -0.39 is 29.8 Å². The van der Waals surface area contributed by atoms with Crippen LogP contribution in [0.4, 0.5) is 0 Å². The van der Waals surface area contributed by atoms with Crippen molar-refractivity contribution < 1.29 is 24.2 Å². The fourth-order valence-corrected chi connectivity index (χ4v) is 5.99. The standard InChI is InChI=1S/C27H38N4O5/c1-3-18-9-10-20-23(22(18)25(33)28-2)27(35)31(21(17-32)19-7-5-4-6-8-19)24(20)26(34)29-11-12-30-13-15-36-16-14-30/h4-10,18,20-24,32H,3,11-17H2,1-2H3,(H,28,33)(H,29,34)/t18-,20+,21-,22-,23+,24+/m1/s1. The number of fused-ring (bicyclic) bond motifs is 1. The summed E-state index contributed by atoms with van der Waals surface area (Å²) in [4.78, 5) is 44.5. The highest BCUT2D eigenvalue weighted by molar-refractivity contribution is 5.97. The third-order valence-corrected chi connectivity index (χ3v) is 7.86. The molecule has 6 atom stereocenters. The van der Waals surface area contributed by atoms with E-state index in [1.807, 2.05) is 49.4 Å². The lowest BCUT2D eigenvalue weighted by Crippen LogP contribution is -2.50. The molecule has 3 amide bonds. The van der Waals surface area contributed by atoms with Crippen molar-refractivity contribution in [1.82, 2.24) is 20.4 Å². The van der Waals surface area contributed by atoms with Crippen LogP contribution in [0.15, 0.2) is 42.5 Å². The number of nitrogens with zero attached hydrogens (tertiary/aromatic N) is 2. The SMILES string of the molecule is CC[C@@H]1C=C[C@H]2[C@H](C(=O)N([C@H](CO)c3ccccc3)[C@@H]2C(=O)NCCN2CCOCC2)[C@@H]1C(=O)NC. The van der Waals surface area contributed by atoms with Gasteiger partial charge in [0.2, 0.25) is 17.7 Å². The Bertz CT molecular complexity index is 949. The maximum absolute atomic E-state index is 14.0. The number of nitrogens with one attached hydrogen (secondary N) is 2. The van der Waals surface area contributed by atoms with Crippen LogP contribution >= 0.6 is 0 Å². The van der Waals surface area contributed by atoms with Crippen LogP contribution in [-0.4, -0.2) is 91.7 Å². The lowest BCUT2D eigenvalue weighted by Gasteiger charge is -2.34. The number of amides is 3. The van der Waals surface area contributed by atoms with Gasteiger partial charge < -0.3 is 25.4 Å². The molecule has 3 aliphatic rings. The molecule has 0 unspecified atom stereocenters. The lowest BCUT2D eigenvalue weighted by molar-refractivity contribution is -0.143. The van der Waals surface area contributed by atoms with Crippen molar-refractivity contribution >= 4 is 17.7 Å². The number of likely N-dealkylation sites (tertiary alicyclic amines) is 1. The number of carbonyl (C=O) groups is 3. The number of carbonyl (C=O) groups excluding carboxylic acids is 3. The molecule has 2 heterocycles. The van der Waals surface area contributed by atoms with Crippen molar-refractivity contribution in [2.75, 3.05) is 53.0 Å². The summed E-state index contributed by atoms with van der Waals surface area (Å²) in [6, 6.07) is 7.78. The summed E-state index contributed by atoms with van der Waals surface area (Å²) in [5, 5.41) is 16.2. The average molecular weight is 499 g/mol. The number of rotatable bonds is 9. The van der Waals surface area contributed by atoms with E-state index in [9.17, 15) is 19.5 Å². The van der Waals surface area contributed by atoms with Crippen molar-refractivity contribution in [3.05, 3.63) is 48.0 Å². The summed E-state index contributed by atoms with van der Waals surface area (Å²) in [5.74, 6) is -2.48. The van der Waals surface area contributed by atoms with Gasteiger partial charge in [0.15, 0.2) is 0 Å². The molecule has 3 N–H and O–H groups in total. The molecule has 36 heavy (non-hydrogen) atoms. The van der Waals surface area contributed by atoms with E-state index >= 15 is 0 Å². The number of allylic oxidation sites excluding steroid dienone is 1. The highest BCUT2D eigenvalue weighted by atomic mass is 16.5. The van der Waals surface area contributed by atoms with Crippen molar-refractivity contribution in [3.63, 3.8) is 0 Å². The van der Waals surface area contributed by atoms with E-state index in [0.717, 1.165) is 18.7 Å². The van der Waals surface area contributed by atoms with Gasteiger partial charge in [0.25, 0.3) is 0 Å². The minimum atomic E-state index is -0.814. The molecule has 9 nitrogen and oxygen atoms in total. The Morgan fingerprint density at radius 1 is 1.14 bits per heavy atom. The molecular weight excluding hydrogens is 460 g/mol. The Balaban J connectivity index is 1.64. The van der Waals surface area contributed by atoms with Gasteiger partial charge in [0.05, 0.1) is 37.7 Å². The Kier molecular flexibility index (Phi) is 8.77. The fraction of sp³-hybridized carbons (Fsp3) is 0.593. The van der Waals surface area contributed by atoms with Crippen LogP contribution in [0.2, 0.25) is 0 Å². The van der Waals surface area contributed by atoms with Crippen LogP contribution in [0.3, 0.4) is 0 Å². The Morgan fingerprint density at radius 3 is 2.50 bits per heavy atom. The molecule has 0 radical (unpaired) electrons. The van der Waals surface area contributed by atoms with Crippen molar-refractivity contribution in [1.29, 1.82) is 0 Å². The zero-order chi connectivity index (χ0) is 25.7. The molecule has 0 aromatic heterocycles. The number of ether oxygens (including phenoxy) is 1. The third-order valence-electron chi connectivity index (χ3n) is 7.86. The topological polar surface area (TPSA) is 111 Å². The smallest absolute Gasteiger partial charge is 0.243 e. The van der Waals surface area contributed by atoms with Gasteiger partial charge in [0, 0.05) is 39.1 Å². The molecule has 2 saturated heterocycles. The first kappa shape index (κ1) is 26.3. The number of aliphatic hydroxyl groups is 1. The van der Waals surface area contributed by atoms with Crippen LogP contribution in [0.5, 0.6) is 0 Å². The molecule has 1 aliphatic carbocycles. The third kappa shape index (κ3) is 5.19. The largest absolute Gasteiger partial charge is 0.394 e. The summed E-state index contributed by atoms with van der Waals surface area (Å²) in [6.45, 7) is 5.83. The molecule has 1 aromatic rings. The number of aliphatic hydroxyl groups excluding tert-OH is 1. The summed E-state index contributed by atoms with van der Waals surface area (Å²) >= 11 is 0. The molecule has 0 bridgehead atoms. The second-order valence-corrected chi connectivity index (χ2v) is 9.74. The zero-order valence-corrected chi connectivity index (χ0v) is 21.1. The van der Waals surface area contributed by atoms with E-state index in [4.69, 9.17) is 4.74 Å². The molecule has 9 heteroatoms. The predicted molar refractivity (Wildman–Crippen MR) is 135 cm³/mol. The number of hydrogen-bond donors (Lipinski definition) is 3. The normalized spacial score (nSPS) is 29.0. The number of morpholine rings is 1. The van der Waals surface area contributed by atoms with Crippen LogP contribution in [0.25, 0.3) is 0 Å². The van der Waals surface area contributed by atoms with Crippen LogP contribution < -0.4 is 10.6 Å². The minimum absolute atomic E-state index is 0.0931. The van der Waals surface area contributed by atoms with Gasteiger partial charge in [-0.15, -0.1) is 0 Å². The van der Waals surface area contributed by atoms with Crippen molar-refractivity contribution in [3.8, 4) is 0 Å². The van der Waals surface area contributed by atoms with E-state index in [2.05, 4.69) is 15.5 Å². The minimum Gasteiger partial charge on any atom is -0.394 e. The molecule has 196 valence electrons. The fourth-order valence-electron chi connectivity index (χ4n) is 5.99. The molecule has 0 saturated carbocycles. The molecule has 4 rings (SSSR count). The highest BCUT2D eigenvalue weighted by Crippen LogP contribution is 2.47. The Morgan fingerprint density at radius 2 is 1.86 bits per heavy atom. The van der Waals surface area contributed by atoms with Crippen LogP contribution in [0, 0.1) is 23.7 Å². The van der Waals surface area contributed by atoms with Gasteiger partial charge >= 0.3 is 0 Å². The quantitative estimate of drug-likeness (QED) is 0.430. The van der Waals surface area contributed by atoms with Crippen molar-refractivity contribution in [2.45, 2.75) is 25.4 Å². The average Bonchev–Trinajstić information content (AvgIpc) is 3.21. The van der Waals surface area contributed by atoms with Gasteiger partial charge in [-0.2, -0.15) is 0 Å². The van der Waals surface area contributed by atoms with Gasteiger partial charge in [-0.3, -0.25) is 19.3 Å².